The van der Waals surface area contributed by atoms with E-state index in [2.05, 4.69) is 11.0 Å². The predicted molar refractivity (Wildman–Crippen MR) is 140 cm³/mol. The van der Waals surface area contributed by atoms with Crippen molar-refractivity contribution >= 4 is 22.6 Å². The molecule has 0 spiro atoms. The Bertz CT molecular complexity index is 1300. The molecule has 0 atom stereocenters. The smallest absolute Gasteiger partial charge is 0.310 e. The van der Waals surface area contributed by atoms with E-state index >= 15 is 0 Å². The third-order valence-corrected chi connectivity index (χ3v) is 6.80. The number of rotatable bonds is 9. The summed E-state index contributed by atoms with van der Waals surface area (Å²) in [7, 11) is -3.25. The second-order valence-corrected chi connectivity index (χ2v) is 10.5. The Hall–Kier alpha value is -3.53. The standard InChI is InChI=1S/C27H29NO6S.CH2O/c1-3-33-27(29)16-20-5-4-6-24(15-20)34-26-12-9-22(17-23(26)18-28-13-14-32-19-28)21-7-10-25(11-8-21)35(2,30)31;1-2/h4-12,15,17H,3,13-14,16,18-19H2,1-2H3;1H2. The molecule has 0 amide bonds. The minimum Gasteiger partial charge on any atom is -0.466 e. The summed E-state index contributed by atoms with van der Waals surface area (Å²) < 4.78 is 40.4. The summed E-state index contributed by atoms with van der Waals surface area (Å²) in [5.74, 6) is 1.07. The van der Waals surface area contributed by atoms with Gasteiger partial charge in [-0.25, -0.2) is 8.42 Å². The van der Waals surface area contributed by atoms with Gasteiger partial charge in [0.1, 0.15) is 18.3 Å². The van der Waals surface area contributed by atoms with Gasteiger partial charge in [-0.05, 0) is 60.0 Å². The number of nitrogens with zero attached hydrogens (tertiary/aromatic N) is 1. The second kappa shape index (κ2) is 13.1. The van der Waals surface area contributed by atoms with Gasteiger partial charge >= 0.3 is 5.97 Å². The lowest BCUT2D eigenvalue weighted by Gasteiger charge is -2.18. The minimum absolute atomic E-state index is 0.186. The zero-order chi connectivity index (χ0) is 26.8. The third-order valence-electron chi connectivity index (χ3n) is 5.68. The molecule has 1 aliphatic rings. The molecule has 0 radical (unpaired) electrons. The summed E-state index contributed by atoms with van der Waals surface area (Å²) in [6, 6.07) is 20.2. The van der Waals surface area contributed by atoms with Gasteiger partial charge in [0.25, 0.3) is 0 Å². The Morgan fingerprint density at radius 3 is 2.41 bits per heavy atom. The molecule has 3 aromatic carbocycles. The van der Waals surface area contributed by atoms with Crippen LogP contribution in [0.3, 0.4) is 0 Å². The van der Waals surface area contributed by atoms with Crippen molar-refractivity contribution in [1.29, 1.82) is 0 Å². The molecule has 4 rings (SSSR count). The molecule has 0 saturated carbocycles. The molecule has 1 saturated heterocycles. The Morgan fingerprint density at radius 1 is 1.03 bits per heavy atom. The van der Waals surface area contributed by atoms with Gasteiger partial charge in [-0.1, -0.05) is 30.3 Å². The highest BCUT2D eigenvalue weighted by Gasteiger charge is 2.17. The van der Waals surface area contributed by atoms with E-state index in [1.54, 1.807) is 19.1 Å². The second-order valence-electron chi connectivity index (χ2n) is 8.44. The number of hydrogen-bond donors (Lipinski definition) is 0. The zero-order valence-electron chi connectivity index (χ0n) is 21.0. The Morgan fingerprint density at radius 2 is 1.76 bits per heavy atom. The number of carbonyl (C=O) groups excluding carboxylic acids is 2. The highest BCUT2D eigenvalue weighted by Crippen LogP contribution is 2.32. The molecule has 8 nitrogen and oxygen atoms in total. The van der Waals surface area contributed by atoms with Crippen LogP contribution >= 0.6 is 0 Å². The average Bonchev–Trinajstić information content (AvgIpc) is 3.39. The SMILES string of the molecule is C=O.CCOC(=O)Cc1cccc(Oc2ccc(-c3ccc(S(C)(=O)=O)cc3)cc2CN2CCOC2)c1. The average molecular weight is 526 g/mol. The monoisotopic (exact) mass is 525 g/mol. The molecule has 3 aromatic rings. The van der Waals surface area contributed by atoms with Crippen molar-refractivity contribution in [2.75, 3.05) is 32.7 Å². The Labute approximate surface area is 217 Å². The van der Waals surface area contributed by atoms with Crippen molar-refractivity contribution in [3.63, 3.8) is 0 Å². The maximum absolute atomic E-state index is 11.9. The molecule has 0 unspecified atom stereocenters. The largest absolute Gasteiger partial charge is 0.466 e. The number of ether oxygens (including phenoxy) is 3. The first kappa shape index (κ1) is 28.0. The van der Waals surface area contributed by atoms with Crippen molar-refractivity contribution in [3.05, 3.63) is 77.9 Å². The molecule has 9 heteroatoms. The normalized spacial score (nSPS) is 13.5. The van der Waals surface area contributed by atoms with Crippen LogP contribution < -0.4 is 4.74 Å². The van der Waals surface area contributed by atoms with E-state index in [4.69, 9.17) is 19.0 Å². The fourth-order valence-corrected chi connectivity index (χ4v) is 4.55. The van der Waals surface area contributed by atoms with Crippen molar-refractivity contribution < 1.29 is 32.2 Å². The summed E-state index contributed by atoms with van der Waals surface area (Å²) in [5, 5.41) is 0. The van der Waals surface area contributed by atoms with Crippen LogP contribution in [0.4, 0.5) is 0 Å². The van der Waals surface area contributed by atoms with E-state index in [-0.39, 0.29) is 12.4 Å². The number of benzene rings is 3. The molecule has 0 N–H and O–H groups in total. The summed E-state index contributed by atoms with van der Waals surface area (Å²) >= 11 is 0. The van der Waals surface area contributed by atoms with E-state index in [9.17, 15) is 13.2 Å². The maximum atomic E-state index is 11.9. The number of hydrogen-bond acceptors (Lipinski definition) is 8. The molecule has 1 fully saturated rings. The highest BCUT2D eigenvalue weighted by molar-refractivity contribution is 7.90. The van der Waals surface area contributed by atoms with E-state index in [0.29, 0.717) is 42.9 Å². The van der Waals surface area contributed by atoms with Crippen LogP contribution in [0, 0.1) is 0 Å². The van der Waals surface area contributed by atoms with Gasteiger partial charge in [0.2, 0.25) is 0 Å². The van der Waals surface area contributed by atoms with Crippen LogP contribution in [0.25, 0.3) is 11.1 Å². The van der Waals surface area contributed by atoms with Gasteiger partial charge in [0, 0.05) is 24.9 Å². The maximum Gasteiger partial charge on any atom is 0.310 e. The minimum atomic E-state index is -3.25. The van der Waals surface area contributed by atoms with Crippen molar-refractivity contribution in [2.24, 2.45) is 0 Å². The molecule has 0 bridgehead atoms. The van der Waals surface area contributed by atoms with Gasteiger partial charge in [-0.2, -0.15) is 0 Å². The Balaban J connectivity index is 0.00000186. The molecule has 37 heavy (non-hydrogen) atoms. The van der Waals surface area contributed by atoms with E-state index in [1.165, 1.54) is 6.26 Å². The van der Waals surface area contributed by atoms with Crippen LogP contribution in [0.5, 0.6) is 11.5 Å². The van der Waals surface area contributed by atoms with Crippen molar-refractivity contribution in [1.82, 2.24) is 4.90 Å². The van der Waals surface area contributed by atoms with Crippen molar-refractivity contribution in [3.8, 4) is 22.6 Å². The van der Waals surface area contributed by atoms with Crippen LogP contribution in [-0.2, 0) is 41.9 Å². The van der Waals surface area contributed by atoms with Gasteiger partial charge in [-0.15, -0.1) is 0 Å². The third kappa shape index (κ3) is 7.98. The molecular weight excluding hydrogens is 494 g/mol. The number of esters is 1. The van der Waals surface area contributed by atoms with Crippen LogP contribution in [0.2, 0.25) is 0 Å². The van der Waals surface area contributed by atoms with Crippen molar-refractivity contribution in [2.45, 2.75) is 24.8 Å². The quantitative estimate of drug-likeness (QED) is 0.382. The van der Waals surface area contributed by atoms with Gasteiger partial charge in [-0.3, -0.25) is 9.69 Å². The lowest BCUT2D eigenvalue weighted by molar-refractivity contribution is -0.142. The van der Waals surface area contributed by atoms with Crippen LogP contribution in [0.15, 0.2) is 71.6 Å². The van der Waals surface area contributed by atoms with Gasteiger partial charge < -0.3 is 19.0 Å². The molecular formula is C28H31NO7S. The van der Waals surface area contributed by atoms with Crippen LogP contribution in [-0.4, -0.2) is 58.8 Å². The van der Waals surface area contributed by atoms with E-state index in [0.717, 1.165) is 28.8 Å². The summed E-state index contributed by atoms with van der Waals surface area (Å²) in [4.78, 5) is 22.3. The fourth-order valence-electron chi connectivity index (χ4n) is 3.92. The zero-order valence-corrected chi connectivity index (χ0v) is 21.8. The first-order chi connectivity index (χ1) is 17.8. The molecule has 196 valence electrons. The highest BCUT2D eigenvalue weighted by atomic mass is 32.2. The summed E-state index contributed by atoms with van der Waals surface area (Å²) in [6.07, 6.45) is 1.39. The Kier molecular flexibility index (Phi) is 9.96. The van der Waals surface area contributed by atoms with Gasteiger partial charge in [0.05, 0.1) is 31.3 Å². The molecule has 0 aromatic heterocycles. The summed E-state index contributed by atoms with van der Waals surface area (Å²) in [5.41, 5.74) is 3.68. The molecule has 1 heterocycles. The first-order valence-corrected chi connectivity index (χ1v) is 13.7. The number of sulfone groups is 1. The number of carbonyl (C=O) groups is 2. The first-order valence-electron chi connectivity index (χ1n) is 11.8. The van der Waals surface area contributed by atoms with Crippen LogP contribution in [0.1, 0.15) is 18.1 Å². The lowest BCUT2D eigenvalue weighted by Crippen LogP contribution is -2.19. The fraction of sp³-hybridized carbons (Fsp3) is 0.286. The molecule has 0 aliphatic carbocycles. The lowest BCUT2D eigenvalue weighted by atomic mass is 10.0. The van der Waals surface area contributed by atoms with E-state index < -0.39 is 9.84 Å². The topological polar surface area (TPSA) is 99.2 Å². The van der Waals surface area contributed by atoms with Gasteiger partial charge in [0.15, 0.2) is 9.84 Å². The molecule has 1 aliphatic heterocycles. The predicted octanol–water partition coefficient (Wildman–Crippen LogP) is 4.26. The van der Waals surface area contributed by atoms with E-state index in [1.807, 2.05) is 55.3 Å². The summed E-state index contributed by atoms with van der Waals surface area (Å²) in [6.45, 7) is 6.87.